The topological polar surface area (TPSA) is 115 Å². The summed E-state index contributed by atoms with van der Waals surface area (Å²) in [5.41, 5.74) is 3.38. The van der Waals surface area contributed by atoms with E-state index in [0.29, 0.717) is 29.1 Å². The molecule has 1 aliphatic rings. The average molecular weight is 331 g/mol. The molecule has 3 aromatic heterocycles. The standard InChI is InChI=1S/C17H13N7O/c18-8-14-11-4-3-10(7-13(11)23-24-14)20-17-21-12-5-6-25-15(12)16(22-17)19-9-1-2-9/h3-7,9H,1-2H2,(H,23,24)(H2,19,20,21,22). The van der Waals surface area contributed by atoms with Crippen LogP contribution in [-0.4, -0.2) is 26.2 Å². The van der Waals surface area contributed by atoms with E-state index in [2.05, 4.69) is 36.9 Å². The number of rotatable bonds is 4. The van der Waals surface area contributed by atoms with Crippen LogP contribution in [-0.2, 0) is 0 Å². The monoisotopic (exact) mass is 331 g/mol. The van der Waals surface area contributed by atoms with Crippen LogP contribution in [0.15, 0.2) is 34.9 Å². The number of hydrogen-bond donors (Lipinski definition) is 3. The second-order valence-corrected chi connectivity index (χ2v) is 6.02. The van der Waals surface area contributed by atoms with E-state index in [1.54, 1.807) is 6.26 Å². The molecule has 0 amide bonds. The molecule has 25 heavy (non-hydrogen) atoms. The van der Waals surface area contributed by atoms with Crippen molar-refractivity contribution in [1.82, 2.24) is 20.2 Å². The lowest BCUT2D eigenvalue weighted by Gasteiger charge is -2.08. The minimum atomic E-state index is 0.383. The molecule has 0 atom stereocenters. The molecule has 1 aromatic carbocycles. The van der Waals surface area contributed by atoms with E-state index in [9.17, 15) is 0 Å². The number of aromatic nitrogens is 4. The molecule has 0 aliphatic heterocycles. The number of H-pyrrole nitrogens is 1. The Morgan fingerprint density at radius 2 is 2.16 bits per heavy atom. The van der Waals surface area contributed by atoms with Gasteiger partial charge in [0.15, 0.2) is 17.1 Å². The first-order valence-corrected chi connectivity index (χ1v) is 7.97. The molecule has 1 aliphatic carbocycles. The summed E-state index contributed by atoms with van der Waals surface area (Å²) in [5, 5.41) is 23.2. The van der Waals surface area contributed by atoms with Gasteiger partial charge in [-0.2, -0.15) is 15.3 Å². The van der Waals surface area contributed by atoms with Gasteiger partial charge in [-0.05, 0) is 31.0 Å². The van der Waals surface area contributed by atoms with Gasteiger partial charge in [0.25, 0.3) is 0 Å². The Morgan fingerprint density at radius 3 is 3.00 bits per heavy atom. The molecule has 1 fully saturated rings. The molecule has 3 heterocycles. The summed E-state index contributed by atoms with van der Waals surface area (Å²) in [5.74, 6) is 1.19. The Labute approximate surface area is 141 Å². The molecule has 0 radical (unpaired) electrons. The van der Waals surface area contributed by atoms with E-state index >= 15 is 0 Å². The van der Waals surface area contributed by atoms with Gasteiger partial charge < -0.3 is 15.1 Å². The highest BCUT2D eigenvalue weighted by Gasteiger charge is 2.23. The molecule has 5 rings (SSSR count). The highest BCUT2D eigenvalue weighted by atomic mass is 16.3. The fourth-order valence-corrected chi connectivity index (χ4v) is 2.75. The molecular weight excluding hydrogens is 318 g/mol. The average Bonchev–Trinajstić information content (AvgIpc) is 3.15. The summed E-state index contributed by atoms with van der Waals surface area (Å²) in [6.07, 6.45) is 3.90. The van der Waals surface area contributed by atoms with Gasteiger partial charge in [0.1, 0.15) is 11.6 Å². The molecular formula is C17H13N7O. The smallest absolute Gasteiger partial charge is 0.229 e. The van der Waals surface area contributed by atoms with Crippen LogP contribution < -0.4 is 10.6 Å². The zero-order valence-corrected chi connectivity index (χ0v) is 13.1. The molecule has 4 aromatic rings. The van der Waals surface area contributed by atoms with Gasteiger partial charge in [0.05, 0.1) is 11.8 Å². The lowest BCUT2D eigenvalue weighted by Crippen LogP contribution is -2.06. The van der Waals surface area contributed by atoms with Crippen LogP contribution in [0.2, 0.25) is 0 Å². The maximum absolute atomic E-state index is 9.03. The maximum Gasteiger partial charge on any atom is 0.229 e. The van der Waals surface area contributed by atoms with Gasteiger partial charge in [0, 0.05) is 23.2 Å². The molecule has 0 unspecified atom stereocenters. The van der Waals surface area contributed by atoms with E-state index in [-0.39, 0.29) is 0 Å². The highest BCUT2D eigenvalue weighted by Crippen LogP contribution is 2.30. The minimum Gasteiger partial charge on any atom is -0.459 e. The first-order valence-electron chi connectivity index (χ1n) is 7.97. The van der Waals surface area contributed by atoms with Crippen LogP contribution in [0.1, 0.15) is 18.5 Å². The first kappa shape index (κ1) is 13.8. The Bertz CT molecular complexity index is 1130. The predicted octanol–water partition coefficient (Wildman–Crippen LogP) is 3.29. The van der Waals surface area contributed by atoms with Crippen molar-refractivity contribution in [2.75, 3.05) is 10.6 Å². The van der Waals surface area contributed by atoms with E-state index in [1.807, 2.05) is 24.3 Å². The first-order chi connectivity index (χ1) is 12.3. The maximum atomic E-state index is 9.03. The molecule has 1 saturated carbocycles. The third-order valence-electron chi connectivity index (χ3n) is 4.15. The normalized spacial score (nSPS) is 13.9. The van der Waals surface area contributed by atoms with Crippen LogP contribution in [0.5, 0.6) is 0 Å². The van der Waals surface area contributed by atoms with Crippen LogP contribution in [0.4, 0.5) is 17.5 Å². The van der Waals surface area contributed by atoms with Gasteiger partial charge in [-0.15, -0.1) is 0 Å². The SMILES string of the molecule is N#Cc1n[nH]c2cc(Nc3nc(NC4CC4)c4occc4n3)ccc12. The highest BCUT2D eigenvalue weighted by molar-refractivity contribution is 5.88. The van der Waals surface area contributed by atoms with Gasteiger partial charge in [-0.3, -0.25) is 5.10 Å². The van der Waals surface area contributed by atoms with E-state index in [0.717, 1.165) is 34.9 Å². The number of nitrogens with one attached hydrogen (secondary N) is 3. The number of anilines is 3. The van der Waals surface area contributed by atoms with Gasteiger partial charge in [-0.25, -0.2) is 4.98 Å². The predicted molar refractivity (Wildman–Crippen MR) is 92.5 cm³/mol. The lowest BCUT2D eigenvalue weighted by atomic mass is 10.2. The van der Waals surface area contributed by atoms with Crippen LogP contribution >= 0.6 is 0 Å². The second-order valence-electron chi connectivity index (χ2n) is 6.02. The molecule has 8 heteroatoms. The summed E-state index contributed by atoms with van der Waals surface area (Å²) in [6.45, 7) is 0. The Morgan fingerprint density at radius 1 is 1.24 bits per heavy atom. The number of fused-ring (bicyclic) bond motifs is 2. The van der Waals surface area contributed by atoms with Crippen molar-refractivity contribution in [2.24, 2.45) is 0 Å². The molecule has 0 spiro atoms. The zero-order chi connectivity index (χ0) is 16.8. The van der Waals surface area contributed by atoms with E-state index in [1.165, 1.54) is 0 Å². The quantitative estimate of drug-likeness (QED) is 0.525. The number of aromatic amines is 1. The molecule has 0 bridgehead atoms. The van der Waals surface area contributed by atoms with Crippen molar-refractivity contribution in [3.05, 3.63) is 36.2 Å². The Balaban J connectivity index is 1.51. The molecule has 122 valence electrons. The number of furan rings is 1. The number of benzene rings is 1. The minimum absolute atomic E-state index is 0.383. The summed E-state index contributed by atoms with van der Waals surface area (Å²) in [6, 6.07) is 9.93. The summed E-state index contributed by atoms with van der Waals surface area (Å²) in [4.78, 5) is 9.03. The lowest BCUT2D eigenvalue weighted by molar-refractivity contribution is 0.614. The van der Waals surface area contributed by atoms with Crippen LogP contribution in [0, 0.1) is 11.3 Å². The van der Waals surface area contributed by atoms with Crippen LogP contribution in [0.25, 0.3) is 22.0 Å². The number of nitriles is 1. The largest absolute Gasteiger partial charge is 0.459 e. The van der Waals surface area contributed by atoms with Gasteiger partial charge in [0.2, 0.25) is 5.95 Å². The Kier molecular flexibility index (Phi) is 2.87. The third kappa shape index (κ3) is 2.42. The van der Waals surface area contributed by atoms with Crippen LogP contribution in [0.3, 0.4) is 0 Å². The third-order valence-corrected chi connectivity index (χ3v) is 4.15. The summed E-state index contributed by atoms with van der Waals surface area (Å²) in [7, 11) is 0. The zero-order valence-electron chi connectivity index (χ0n) is 13.1. The number of hydrogen-bond acceptors (Lipinski definition) is 7. The molecule has 0 saturated heterocycles. The Hall–Kier alpha value is -3.60. The summed E-state index contributed by atoms with van der Waals surface area (Å²) >= 11 is 0. The molecule has 8 nitrogen and oxygen atoms in total. The summed E-state index contributed by atoms with van der Waals surface area (Å²) < 4.78 is 5.50. The van der Waals surface area contributed by atoms with Crippen molar-refractivity contribution < 1.29 is 4.42 Å². The second kappa shape index (κ2) is 5.21. The van der Waals surface area contributed by atoms with Gasteiger partial charge >= 0.3 is 0 Å². The van der Waals surface area contributed by atoms with E-state index in [4.69, 9.17) is 9.68 Å². The number of nitrogens with zero attached hydrogens (tertiary/aromatic N) is 4. The molecule has 3 N–H and O–H groups in total. The van der Waals surface area contributed by atoms with Crippen molar-refractivity contribution in [1.29, 1.82) is 5.26 Å². The van der Waals surface area contributed by atoms with Crippen molar-refractivity contribution in [3.63, 3.8) is 0 Å². The van der Waals surface area contributed by atoms with Gasteiger partial charge in [-0.1, -0.05) is 0 Å². The fraction of sp³-hybridized carbons (Fsp3) is 0.176. The van der Waals surface area contributed by atoms with Crippen molar-refractivity contribution in [2.45, 2.75) is 18.9 Å². The fourth-order valence-electron chi connectivity index (χ4n) is 2.75. The van der Waals surface area contributed by atoms with Crippen molar-refractivity contribution >= 4 is 39.5 Å². The van der Waals surface area contributed by atoms with E-state index < -0.39 is 0 Å². The van der Waals surface area contributed by atoms with Crippen molar-refractivity contribution in [3.8, 4) is 6.07 Å².